The number of carbonyl (C=O) groups excluding carboxylic acids is 2. The van der Waals surface area contributed by atoms with E-state index in [1.165, 1.54) is 18.9 Å². The largest absolute Gasteiger partial charge is 0.493 e. The zero-order valence-electron chi connectivity index (χ0n) is 17.7. The third-order valence-corrected chi connectivity index (χ3v) is 4.64. The SMILES string of the molecule is CCN(CC)c1ccc(NC(=O)CN(C(C)=O)c2ccc(OC)c(OC)c2)cc1. The molecule has 1 N–H and O–H groups in total. The van der Waals surface area contributed by atoms with E-state index < -0.39 is 0 Å². The smallest absolute Gasteiger partial charge is 0.244 e. The molecular formula is C22H29N3O4. The predicted molar refractivity (Wildman–Crippen MR) is 116 cm³/mol. The van der Waals surface area contributed by atoms with Crippen LogP contribution in [0.15, 0.2) is 42.5 Å². The molecule has 7 heteroatoms. The molecule has 0 aromatic heterocycles. The fourth-order valence-electron chi connectivity index (χ4n) is 3.07. The van der Waals surface area contributed by atoms with Gasteiger partial charge in [0.1, 0.15) is 6.54 Å². The summed E-state index contributed by atoms with van der Waals surface area (Å²) in [7, 11) is 3.06. The highest BCUT2D eigenvalue weighted by Gasteiger charge is 2.18. The van der Waals surface area contributed by atoms with Gasteiger partial charge in [-0.3, -0.25) is 9.59 Å². The molecule has 0 spiro atoms. The molecule has 2 rings (SSSR count). The average Bonchev–Trinajstić information content (AvgIpc) is 2.73. The highest BCUT2D eigenvalue weighted by Crippen LogP contribution is 2.31. The van der Waals surface area contributed by atoms with E-state index in [2.05, 4.69) is 24.1 Å². The number of methoxy groups -OCH3 is 2. The van der Waals surface area contributed by atoms with Crippen LogP contribution in [-0.2, 0) is 9.59 Å². The van der Waals surface area contributed by atoms with E-state index in [-0.39, 0.29) is 18.4 Å². The molecule has 0 aliphatic heterocycles. The topological polar surface area (TPSA) is 71.1 Å². The van der Waals surface area contributed by atoms with Crippen LogP contribution in [0.4, 0.5) is 17.1 Å². The fraction of sp³-hybridized carbons (Fsp3) is 0.364. The van der Waals surface area contributed by atoms with E-state index in [9.17, 15) is 9.59 Å². The second-order valence-corrected chi connectivity index (χ2v) is 6.41. The Balaban J connectivity index is 2.11. The maximum Gasteiger partial charge on any atom is 0.244 e. The van der Waals surface area contributed by atoms with Crippen molar-refractivity contribution >= 4 is 28.9 Å². The Labute approximate surface area is 172 Å². The highest BCUT2D eigenvalue weighted by atomic mass is 16.5. The van der Waals surface area contributed by atoms with E-state index in [4.69, 9.17) is 9.47 Å². The Morgan fingerprint density at radius 2 is 1.48 bits per heavy atom. The summed E-state index contributed by atoms with van der Waals surface area (Å²) in [6.07, 6.45) is 0. The van der Waals surface area contributed by atoms with Crippen molar-refractivity contribution in [1.82, 2.24) is 0 Å². The minimum atomic E-state index is -0.287. The zero-order chi connectivity index (χ0) is 21.4. The van der Waals surface area contributed by atoms with Gasteiger partial charge in [-0.15, -0.1) is 0 Å². The van der Waals surface area contributed by atoms with Gasteiger partial charge in [0.15, 0.2) is 11.5 Å². The minimum Gasteiger partial charge on any atom is -0.493 e. The zero-order valence-corrected chi connectivity index (χ0v) is 17.7. The third-order valence-electron chi connectivity index (χ3n) is 4.64. The normalized spacial score (nSPS) is 10.2. The molecule has 0 unspecified atom stereocenters. The van der Waals surface area contributed by atoms with Crippen molar-refractivity contribution in [3.63, 3.8) is 0 Å². The molecule has 0 atom stereocenters. The molecule has 0 saturated heterocycles. The molecule has 2 amide bonds. The third kappa shape index (κ3) is 5.63. The molecule has 156 valence electrons. The van der Waals surface area contributed by atoms with Crippen molar-refractivity contribution in [3.8, 4) is 11.5 Å². The van der Waals surface area contributed by atoms with Crippen LogP contribution in [0.2, 0.25) is 0 Å². The lowest BCUT2D eigenvalue weighted by molar-refractivity contribution is -0.120. The number of anilines is 3. The molecule has 0 aliphatic rings. The molecule has 0 heterocycles. The Morgan fingerprint density at radius 3 is 2.00 bits per heavy atom. The van der Waals surface area contributed by atoms with Crippen molar-refractivity contribution in [3.05, 3.63) is 42.5 Å². The van der Waals surface area contributed by atoms with E-state index in [0.717, 1.165) is 18.8 Å². The summed E-state index contributed by atoms with van der Waals surface area (Å²) in [5.74, 6) is 0.510. The molecule has 0 radical (unpaired) electrons. The first-order valence-electron chi connectivity index (χ1n) is 9.58. The van der Waals surface area contributed by atoms with E-state index in [0.29, 0.717) is 22.9 Å². The van der Waals surface area contributed by atoms with Crippen molar-refractivity contribution < 1.29 is 19.1 Å². The summed E-state index contributed by atoms with van der Waals surface area (Å²) < 4.78 is 10.5. The number of rotatable bonds is 9. The quantitative estimate of drug-likeness (QED) is 0.698. The Kier molecular flexibility index (Phi) is 7.88. The monoisotopic (exact) mass is 399 g/mol. The molecule has 29 heavy (non-hydrogen) atoms. The lowest BCUT2D eigenvalue weighted by atomic mass is 10.2. The number of carbonyl (C=O) groups is 2. The van der Waals surface area contributed by atoms with Gasteiger partial charge in [0.05, 0.1) is 14.2 Å². The molecule has 2 aromatic rings. The minimum absolute atomic E-state index is 0.109. The van der Waals surface area contributed by atoms with Gasteiger partial charge in [-0.2, -0.15) is 0 Å². The molecular weight excluding hydrogens is 370 g/mol. The molecule has 0 saturated carbocycles. The lowest BCUT2D eigenvalue weighted by Crippen LogP contribution is -2.36. The van der Waals surface area contributed by atoms with Crippen LogP contribution in [0.3, 0.4) is 0 Å². The summed E-state index contributed by atoms with van der Waals surface area (Å²) in [6, 6.07) is 12.8. The highest BCUT2D eigenvalue weighted by molar-refractivity contribution is 6.02. The number of nitrogens with zero attached hydrogens (tertiary/aromatic N) is 2. The van der Waals surface area contributed by atoms with Crippen LogP contribution in [0.25, 0.3) is 0 Å². The Bertz CT molecular complexity index is 832. The van der Waals surface area contributed by atoms with Crippen LogP contribution in [0.1, 0.15) is 20.8 Å². The van der Waals surface area contributed by atoms with E-state index in [1.54, 1.807) is 25.3 Å². The summed E-state index contributed by atoms with van der Waals surface area (Å²) in [4.78, 5) is 28.3. The standard InChI is InChI=1S/C22H29N3O4/c1-6-24(7-2)18-10-8-17(9-11-18)23-22(27)15-25(16(3)26)19-12-13-20(28-4)21(14-19)29-5/h8-14H,6-7,15H2,1-5H3,(H,23,27). The van der Waals surface area contributed by atoms with Crippen LogP contribution in [0.5, 0.6) is 11.5 Å². The Morgan fingerprint density at radius 1 is 0.897 bits per heavy atom. The first kappa shape index (κ1) is 22.1. The first-order valence-corrected chi connectivity index (χ1v) is 9.58. The number of nitrogens with one attached hydrogen (secondary N) is 1. The van der Waals surface area contributed by atoms with Crippen LogP contribution in [-0.4, -0.2) is 45.7 Å². The maximum atomic E-state index is 12.5. The number of hydrogen-bond acceptors (Lipinski definition) is 5. The van der Waals surface area contributed by atoms with Gasteiger partial charge in [-0.05, 0) is 50.2 Å². The number of amides is 2. The van der Waals surface area contributed by atoms with Crippen molar-refractivity contribution in [1.29, 1.82) is 0 Å². The number of benzene rings is 2. The van der Waals surface area contributed by atoms with Crippen LogP contribution < -0.4 is 24.6 Å². The Hall–Kier alpha value is -3.22. The number of ether oxygens (including phenoxy) is 2. The summed E-state index contributed by atoms with van der Waals surface area (Å²) in [5.41, 5.74) is 2.34. The predicted octanol–water partition coefficient (Wildman–Crippen LogP) is 3.54. The molecule has 0 aliphatic carbocycles. The first-order chi connectivity index (χ1) is 13.9. The molecule has 0 bridgehead atoms. The maximum absolute atomic E-state index is 12.5. The van der Waals surface area contributed by atoms with Gasteiger partial charge in [-0.25, -0.2) is 0 Å². The van der Waals surface area contributed by atoms with Crippen molar-refractivity contribution in [2.45, 2.75) is 20.8 Å². The van der Waals surface area contributed by atoms with Crippen molar-refractivity contribution in [2.75, 3.05) is 49.0 Å². The lowest BCUT2D eigenvalue weighted by Gasteiger charge is -2.22. The van der Waals surface area contributed by atoms with Gasteiger partial charge < -0.3 is 24.6 Å². The van der Waals surface area contributed by atoms with Gasteiger partial charge in [0, 0.05) is 43.1 Å². The van der Waals surface area contributed by atoms with Gasteiger partial charge in [-0.1, -0.05) is 0 Å². The fourth-order valence-corrected chi connectivity index (χ4v) is 3.07. The second-order valence-electron chi connectivity index (χ2n) is 6.41. The summed E-state index contributed by atoms with van der Waals surface area (Å²) >= 11 is 0. The van der Waals surface area contributed by atoms with Gasteiger partial charge in [0.25, 0.3) is 0 Å². The second kappa shape index (κ2) is 10.4. The molecule has 7 nitrogen and oxygen atoms in total. The summed E-state index contributed by atoms with van der Waals surface area (Å²) in [5, 5.41) is 2.84. The molecule has 2 aromatic carbocycles. The van der Waals surface area contributed by atoms with E-state index >= 15 is 0 Å². The van der Waals surface area contributed by atoms with Crippen molar-refractivity contribution in [2.24, 2.45) is 0 Å². The summed E-state index contributed by atoms with van der Waals surface area (Å²) in [6.45, 7) is 7.35. The number of hydrogen-bond donors (Lipinski definition) is 1. The van der Waals surface area contributed by atoms with Gasteiger partial charge in [0.2, 0.25) is 11.8 Å². The average molecular weight is 399 g/mol. The van der Waals surface area contributed by atoms with Crippen LogP contribution in [0, 0.1) is 0 Å². The van der Waals surface area contributed by atoms with E-state index in [1.807, 2.05) is 24.3 Å². The molecule has 0 fully saturated rings. The van der Waals surface area contributed by atoms with Gasteiger partial charge >= 0.3 is 0 Å². The van der Waals surface area contributed by atoms with Crippen LogP contribution >= 0.6 is 0 Å².